The van der Waals surface area contributed by atoms with Gasteiger partial charge in [0.15, 0.2) is 0 Å². The van der Waals surface area contributed by atoms with Crippen LogP contribution in [-0.4, -0.2) is 24.2 Å². The molecule has 1 aromatic carbocycles. The zero-order chi connectivity index (χ0) is 11.5. The van der Waals surface area contributed by atoms with Crippen molar-refractivity contribution in [1.82, 2.24) is 10.3 Å². The molecule has 1 atom stereocenters. The highest BCUT2D eigenvalue weighted by atomic mass is 16.5. The van der Waals surface area contributed by atoms with Crippen molar-refractivity contribution in [3.63, 3.8) is 0 Å². The highest BCUT2D eigenvalue weighted by Gasteiger charge is 2.14. The molecule has 1 aromatic heterocycles. The molecule has 3 nitrogen and oxygen atoms in total. The van der Waals surface area contributed by atoms with Gasteiger partial charge in [0.05, 0.1) is 6.10 Å². The van der Waals surface area contributed by atoms with Gasteiger partial charge in [-0.1, -0.05) is 12.1 Å². The Morgan fingerprint density at radius 2 is 2.35 bits per heavy atom. The second-order valence-corrected chi connectivity index (χ2v) is 4.67. The number of aromatic amines is 1. The van der Waals surface area contributed by atoms with E-state index in [1.54, 1.807) is 0 Å². The normalized spacial score (nSPS) is 20.1. The number of hydrogen-bond acceptors (Lipinski definition) is 2. The molecular weight excluding hydrogens is 212 g/mol. The van der Waals surface area contributed by atoms with Gasteiger partial charge in [-0.15, -0.1) is 0 Å². The molecule has 0 aliphatic carbocycles. The van der Waals surface area contributed by atoms with Crippen LogP contribution in [0.25, 0.3) is 10.9 Å². The summed E-state index contributed by atoms with van der Waals surface area (Å²) in [6, 6.07) is 8.64. The number of rotatable bonds is 4. The fourth-order valence-electron chi connectivity index (χ4n) is 2.39. The summed E-state index contributed by atoms with van der Waals surface area (Å²) < 4.78 is 5.58. The summed E-state index contributed by atoms with van der Waals surface area (Å²) in [5, 5.41) is 4.73. The lowest BCUT2D eigenvalue weighted by molar-refractivity contribution is 0.110. The maximum absolute atomic E-state index is 5.58. The SMILES string of the molecule is c1cc2ccc(CNC[C@H]3CCCO3)cc2[nH]1. The van der Waals surface area contributed by atoms with Crippen LogP contribution in [0.1, 0.15) is 18.4 Å². The first-order valence-corrected chi connectivity index (χ1v) is 6.30. The molecule has 0 amide bonds. The Kier molecular flexibility index (Phi) is 3.12. The van der Waals surface area contributed by atoms with E-state index in [0.29, 0.717) is 6.10 Å². The lowest BCUT2D eigenvalue weighted by Gasteiger charge is -2.10. The third-order valence-electron chi connectivity index (χ3n) is 3.34. The number of fused-ring (bicyclic) bond motifs is 1. The molecule has 2 N–H and O–H groups in total. The molecule has 1 fully saturated rings. The minimum absolute atomic E-state index is 0.421. The molecule has 1 aliphatic rings. The van der Waals surface area contributed by atoms with E-state index in [2.05, 4.69) is 34.6 Å². The molecule has 1 aliphatic heterocycles. The average Bonchev–Trinajstić information content (AvgIpc) is 2.98. The third kappa shape index (κ3) is 2.51. The van der Waals surface area contributed by atoms with Crippen LogP contribution in [0.5, 0.6) is 0 Å². The summed E-state index contributed by atoms with van der Waals surface area (Å²) >= 11 is 0. The van der Waals surface area contributed by atoms with Gasteiger partial charge in [0.1, 0.15) is 0 Å². The van der Waals surface area contributed by atoms with Crippen LogP contribution in [0.3, 0.4) is 0 Å². The predicted molar refractivity (Wildman–Crippen MR) is 69.0 cm³/mol. The van der Waals surface area contributed by atoms with Crippen LogP contribution < -0.4 is 5.32 Å². The van der Waals surface area contributed by atoms with Crippen LogP contribution in [0, 0.1) is 0 Å². The minimum atomic E-state index is 0.421. The topological polar surface area (TPSA) is 37.0 Å². The van der Waals surface area contributed by atoms with Crippen molar-refractivity contribution in [1.29, 1.82) is 0 Å². The Morgan fingerprint density at radius 3 is 3.24 bits per heavy atom. The van der Waals surface area contributed by atoms with Crippen molar-refractivity contribution in [2.75, 3.05) is 13.2 Å². The van der Waals surface area contributed by atoms with E-state index < -0.39 is 0 Å². The largest absolute Gasteiger partial charge is 0.377 e. The van der Waals surface area contributed by atoms with Crippen molar-refractivity contribution in [2.45, 2.75) is 25.5 Å². The van der Waals surface area contributed by atoms with Crippen molar-refractivity contribution in [3.05, 3.63) is 36.0 Å². The maximum atomic E-state index is 5.58. The van der Waals surface area contributed by atoms with Gasteiger partial charge in [0.25, 0.3) is 0 Å². The van der Waals surface area contributed by atoms with Crippen LogP contribution >= 0.6 is 0 Å². The third-order valence-corrected chi connectivity index (χ3v) is 3.34. The second-order valence-electron chi connectivity index (χ2n) is 4.67. The lowest BCUT2D eigenvalue weighted by Crippen LogP contribution is -2.25. The molecule has 3 rings (SSSR count). The molecule has 0 unspecified atom stereocenters. The number of ether oxygens (including phenoxy) is 1. The van der Waals surface area contributed by atoms with E-state index in [4.69, 9.17) is 4.74 Å². The lowest BCUT2D eigenvalue weighted by atomic mass is 10.1. The molecule has 0 radical (unpaired) electrons. The van der Waals surface area contributed by atoms with Gasteiger partial charge in [-0.05, 0) is 35.9 Å². The summed E-state index contributed by atoms with van der Waals surface area (Å²) in [6.45, 7) is 2.80. The Morgan fingerprint density at radius 1 is 1.35 bits per heavy atom. The predicted octanol–water partition coefficient (Wildman–Crippen LogP) is 2.44. The van der Waals surface area contributed by atoms with Gasteiger partial charge in [-0.2, -0.15) is 0 Å². The first-order valence-electron chi connectivity index (χ1n) is 6.30. The first kappa shape index (κ1) is 10.8. The Bertz CT molecular complexity index is 486. The summed E-state index contributed by atoms with van der Waals surface area (Å²) in [4.78, 5) is 3.24. The van der Waals surface area contributed by atoms with Crippen LogP contribution in [-0.2, 0) is 11.3 Å². The van der Waals surface area contributed by atoms with E-state index in [9.17, 15) is 0 Å². The first-order chi connectivity index (χ1) is 8.42. The van der Waals surface area contributed by atoms with Crippen molar-refractivity contribution in [2.24, 2.45) is 0 Å². The summed E-state index contributed by atoms with van der Waals surface area (Å²) in [7, 11) is 0. The molecule has 0 bridgehead atoms. The molecule has 90 valence electrons. The van der Waals surface area contributed by atoms with E-state index in [0.717, 1.165) is 19.7 Å². The van der Waals surface area contributed by atoms with Gasteiger partial charge in [0.2, 0.25) is 0 Å². The summed E-state index contributed by atoms with van der Waals surface area (Å²) in [6.07, 6.45) is 4.81. The average molecular weight is 230 g/mol. The van der Waals surface area contributed by atoms with Gasteiger partial charge >= 0.3 is 0 Å². The maximum Gasteiger partial charge on any atom is 0.0700 e. The standard InChI is InChI=1S/C14H18N2O/c1-2-13(17-7-1)10-15-9-11-3-4-12-5-6-16-14(12)8-11/h3-6,8,13,15-16H,1-2,7,9-10H2/t13-/m1/s1. The Hall–Kier alpha value is -1.32. The fourth-order valence-corrected chi connectivity index (χ4v) is 2.39. The fraction of sp³-hybridized carbons (Fsp3) is 0.429. The van der Waals surface area contributed by atoms with Gasteiger partial charge < -0.3 is 15.0 Å². The van der Waals surface area contributed by atoms with Crippen LogP contribution in [0.4, 0.5) is 0 Å². The summed E-state index contributed by atoms with van der Waals surface area (Å²) in [5.74, 6) is 0. The number of aromatic nitrogens is 1. The zero-order valence-electron chi connectivity index (χ0n) is 9.91. The Labute approximate surface area is 101 Å². The number of nitrogens with one attached hydrogen (secondary N) is 2. The van der Waals surface area contributed by atoms with Crippen LogP contribution in [0.15, 0.2) is 30.5 Å². The Balaban J connectivity index is 1.56. The summed E-state index contributed by atoms with van der Waals surface area (Å²) in [5.41, 5.74) is 2.53. The highest BCUT2D eigenvalue weighted by Crippen LogP contribution is 2.14. The minimum Gasteiger partial charge on any atom is -0.377 e. The zero-order valence-corrected chi connectivity index (χ0v) is 9.91. The molecule has 1 saturated heterocycles. The van der Waals surface area contributed by atoms with Crippen molar-refractivity contribution < 1.29 is 4.74 Å². The molecule has 0 spiro atoms. The molecule has 2 aromatic rings. The number of H-pyrrole nitrogens is 1. The van der Waals surface area contributed by atoms with E-state index in [1.165, 1.54) is 29.3 Å². The van der Waals surface area contributed by atoms with E-state index >= 15 is 0 Å². The number of hydrogen-bond donors (Lipinski definition) is 2. The molecule has 3 heteroatoms. The van der Waals surface area contributed by atoms with Crippen molar-refractivity contribution in [3.8, 4) is 0 Å². The highest BCUT2D eigenvalue weighted by molar-refractivity contribution is 5.79. The number of benzene rings is 1. The molecule has 0 saturated carbocycles. The van der Waals surface area contributed by atoms with E-state index in [1.807, 2.05) is 6.20 Å². The quantitative estimate of drug-likeness (QED) is 0.846. The second kappa shape index (κ2) is 4.90. The molecule has 2 heterocycles. The van der Waals surface area contributed by atoms with Crippen molar-refractivity contribution >= 4 is 10.9 Å². The van der Waals surface area contributed by atoms with E-state index in [-0.39, 0.29) is 0 Å². The van der Waals surface area contributed by atoms with Gasteiger partial charge in [0, 0.05) is 31.4 Å². The van der Waals surface area contributed by atoms with Crippen LogP contribution in [0.2, 0.25) is 0 Å². The van der Waals surface area contributed by atoms with Gasteiger partial charge in [-0.3, -0.25) is 0 Å². The molecular formula is C14H18N2O. The monoisotopic (exact) mass is 230 g/mol. The molecule has 17 heavy (non-hydrogen) atoms. The smallest absolute Gasteiger partial charge is 0.0700 e. The van der Waals surface area contributed by atoms with Gasteiger partial charge in [-0.25, -0.2) is 0 Å².